The van der Waals surface area contributed by atoms with Crippen LogP contribution in [0.25, 0.3) is 0 Å². The van der Waals surface area contributed by atoms with Gasteiger partial charge in [-0.3, -0.25) is 9.78 Å². The number of hydrogen-bond donors (Lipinski definition) is 2. The zero-order chi connectivity index (χ0) is 12.3. The van der Waals surface area contributed by atoms with Crippen LogP contribution in [0.4, 0.5) is 5.82 Å². The first-order chi connectivity index (χ1) is 8.15. The first-order valence-electron chi connectivity index (χ1n) is 5.39. The Labute approximate surface area is 99.0 Å². The smallest absolute Gasteiger partial charge is 0.252 e. The van der Waals surface area contributed by atoms with E-state index in [1.54, 1.807) is 19.3 Å². The van der Waals surface area contributed by atoms with Crippen LogP contribution in [0.1, 0.15) is 24.4 Å². The quantitative estimate of drug-likeness (QED) is 0.841. The van der Waals surface area contributed by atoms with E-state index in [9.17, 15) is 4.79 Å². The number of nitrogens with one attached hydrogen (secondary N) is 2. The van der Waals surface area contributed by atoms with E-state index in [1.165, 1.54) is 6.07 Å². The zero-order valence-electron chi connectivity index (χ0n) is 9.77. The minimum absolute atomic E-state index is 0.0531. The summed E-state index contributed by atoms with van der Waals surface area (Å²) in [6.45, 7) is 3.75. The van der Waals surface area contributed by atoms with Gasteiger partial charge in [-0.1, -0.05) is 6.07 Å². The van der Waals surface area contributed by atoms with Crippen molar-refractivity contribution in [2.45, 2.75) is 19.9 Å². The van der Waals surface area contributed by atoms with E-state index in [0.29, 0.717) is 11.6 Å². The summed E-state index contributed by atoms with van der Waals surface area (Å²) in [5, 5.41) is 3.17. The fourth-order valence-corrected chi connectivity index (χ4v) is 1.59. The fourth-order valence-electron chi connectivity index (χ4n) is 1.59. The molecular weight excluding hydrogens is 216 g/mol. The number of anilines is 1. The molecule has 17 heavy (non-hydrogen) atoms. The Kier molecular flexibility index (Phi) is 3.18. The molecule has 5 heteroatoms. The van der Waals surface area contributed by atoms with Gasteiger partial charge in [-0.2, -0.15) is 0 Å². The lowest BCUT2D eigenvalue weighted by Gasteiger charge is -2.14. The average Bonchev–Trinajstić information content (AvgIpc) is 2.28. The van der Waals surface area contributed by atoms with Gasteiger partial charge >= 0.3 is 0 Å². The first kappa shape index (κ1) is 11.3. The van der Waals surface area contributed by atoms with Gasteiger partial charge in [-0.25, -0.2) is 4.98 Å². The Morgan fingerprint density at radius 2 is 2.29 bits per heavy atom. The van der Waals surface area contributed by atoms with Gasteiger partial charge in [0.25, 0.3) is 5.56 Å². The van der Waals surface area contributed by atoms with Crippen LogP contribution in [0.2, 0.25) is 0 Å². The average molecular weight is 230 g/mol. The Morgan fingerprint density at radius 3 is 2.94 bits per heavy atom. The monoisotopic (exact) mass is 230 g/mol. The van der Waals surface area contributed by atoms with Crippen molar-refractivity contribution in [3.8, 4) is 0 Å². The lowest BCUT2D eigenvalue weighted by Crippen LogP contribution is -2.14. The minimum Gasteiger partial charge on any atom is -0.363 e. The van der Waals surface area contributed by atoms with E-state index in [-0.39, 0.29) is 11.6 Å². The second-order valence-electron chi connectivity index (χ2n) is 3.87. The third-order valence-corrected chi connectivity index (χ3v) is 2.41. The molecule has 1 unspecified atom stereocenters. The molecule has 0 aliphatic carbocycles. The van der Waals surface area contributed by atoms with Crippen molar-refractivity contribution < 1.29 is 0 Å². The summed E-state index contributed by atoms with van der Waals surface area (Å²) in [6, 6.07) is 5.35. The summed E-state index contributed by atoms with van der Waals surface area (Å²) in [4.78, 5) is 22.2. The predicted octanol–water partition coefficient (Wildman–Crippen LogP) is 1.65. The number of aryl methyl sites for hydroxylation is 1. The van der Waals surface area contributed by atoms with Gasteiger partial charge in [-0.05, 0) is 25.5 Å². The molecule has 1 atom stereocenters. The van der Waals surface area contributed by atoms with Crippen LogP contribution in [-0.2, 0) is 0 Å². The summed E-state index contributed by atoms with van der Waals surface area (Å²) in [7, 11) is 0. The summed E-state index contributed by atoms with van der Waals surface area (Å²) in [6.07, 6.45) is 3.52. The number of H-pyrrole nitrogens is 1. The molecule has 0 aliphatic heterocycles. The van der Waals surface area contributed by atoms with E-state index in [2.05, 4.69) is 20.3 Å². The van der Waals surface area contributed by atoms with Gasteiger partial charge in [-0.15, -0.1) is 0 Å². The molecule has 2 rings (SSSR count). The van der Waals surface area contributed by atoms with E-state index < -0.39 is 0 Å². The highest BCUT2D eigenvalue weighted by Gasteiger charge is 2.06. The molecule has 0 amide bonds. The van der Waals surface area contributed by atoms with Crippen LogP contribution in [0.15, 0.2) is 35.4 Å². The number of aromatic nitrogens is 3. The molecule has 0 saturated heterocycles. The number of rotatable bonds is 3. The molecular formula is C12H14N4O. The summed E-state index contributed by atoms with van der Waals surface area (Å²) in [5.41, 5.74) is 0.894. The fraction of sp³-hybridized carbons (Fsp3) is 0.250. The molecule has 0 spiro atoms. The molecule has 0 aromatic carbocycles. The van der Waals surface area contributed by atoms with Crippen molar-refractivity contribution in [3.05, 3.63) is 52.3 Å². The lowest BCUT2D eigenvalue weighted by atomic mass is 10.1. The molecule has 0 saturated carbocycles. The molecule has 5 nitrogen and oxygen atoms in total. The maximum atomic E-state index is 11.3. The van der Waals surface area contributed by atoms with Crippen molar-refractivity contribution in [2.24, 2.45) is 0 Å². The molecule has 88 valence electrons. The van der Waals surface area contributed by atoms with Crippen LogP contribution in [-0.4, -0.2) is 15.0 Å². The van der Waals surface area contributed by atoms with Crippen LogP contribution in [0.3, 0.4) is 0 Å². The van der Waals surface area contributed by atoms with E-state index in [0.717, 1.165) is 5.56 Å². The molecule has 0 radical (unpaired) electrons. The maximum Gasteiger partial charge on any atom is 0.252 e. The van der Waals surface area contributed by atoms with Crippen molar-refractivity contribution in [1.29, 1.82) is 0 Å². The van der Waals surface area contributed by atoms with Crippen molar-refractivity contribution in [1.82, 2.24) is 15.0 Å². The van der Waals surface area contributed by atoms with Crippen molar-refractivity contribution >= 4 is 5.82 Å². The first-order valence-corrected chi connectivity index (χ1v) is 5.39. The summed E-state index contributed by atoms with van der Waals surface area (Å²) < 4.78 is 0. The standard InChI is InChI=1S/C12H14N4O/c1-8(10-4-3-5-13-7-10)14-11-6-12(17)16-9(2)15-11/h3-8H,1-2H3,(H2,14,15,16,17). The highest BCUT2D eigenvalue weighted by atomic mass is 16.1. The summed E-state index contributed by atoms with van der Waals surface area (Å²) in [5.74, 6) is 1.17. The van der Waals surface area contributed by atoms with Gasteiger partial charge in [0.15, 0.2) is 0 Å². The SMILES string of the molecule is Cc1nc(NC(C)c2cccnc2)cc(=O)[nH]1. The Bertz CT molecular complexity index is 550. The van der Waals surface area contributed by atoms with Crippen LogP contribution < -0.4 is 10.9 Å². The maximum absolute atomic E-state index is 11.3. The Morgan fingerprint density at radius 1 is 1.47 bits per heavy atom. The topological polar surface area (TPSA) is 70.7 Å². The van der Waals surface area contributed by atoms with Gasteiger partial charge in [0.05, 0.1) is 6.04 Å². The van der Waals surface area contributed by atoms with Gasteiger partial charge < -0.3 is 10.3 Å². The zero-order valence-corrected chi connectivity index (χ0v) is 9.77. The third-order valence-electron chi connectivity index (χ3n) is 2.41. The largest absolute Gasteiger partial charge is 0.363 e. The highest BCUT2D eigenvalue weighted by Crippen LogP contribution is 2.15. The molecule has 2 N–H and O–H groups in total. The number of aromatic amines is 1. The molecule has 0 aliphatic rings. The summed E-state index contributed by atoms with van der Waals surface area (Å²) >= 11 is 0. The van der Waals surface area contributed by atoms with Crippen LogP contribution in [0.5, 0.6) is 0 Å². The van der Waals surface area contributed by atoms with Gasteiger partial charge in [0.2, 0.25) is 0 Å². The molecule has 0 fully saturated rings. The van der Waals surface area contributed by atoms with E-state index in [4.69, 9.17) is 0 Å². The number of hydrogen-bond acceptors (Lipinski definition) is 4. The van der Waals surface area contributed by atoms with Gasteiger partial charge in [0, 0.05) is 18.5 Å². The highest BCUT2D eigenvalue weighted by molar-refractivity contribution is 5.36. The molecule has 2 aromatic rings. The van der Waals surface area contributed by atoms with E-state index in [1.807, 2.05) is 19.1 Å². The molecule has 2 heterocycles. The molecule has 2 aromatic heterocycles. The van der Waals surface area contributed by atoms with E-state index >= 15 is 0 Å². The normalized spacial score (nSPS) is 12.1. The number of pyridine rings is 1. The minimum atomic E-state index is -0.154. The Balaban J connectivity index is 2.18. The Hall–Kier alpha value is -2.17. The van der Waals surface area contributed by atoms with Crippen LogP contribution >= 0.6 is 0 Å². The van der Waals surface area contributed by atoms with Gasteiger partial charge in [0.1, 0.15) is 11.6 Å². The van der Waals surface area contributed by atoms with Crippen LogP contribution in [0, 0.1) is 6.92 Å². The second-order valence-corrected chi connectivity index (χ2v) is 3.87. The van der Waals surface area contributed by atoms with Crippen molar-refractivity contribution in [2.75, 3.05) is 5.32 Å². The third kappa shape index (κ3) is 2.90. The lowest BCUT2D eigenvalue weighted by molar-refractivity contribution is 0.857. The predicted molar refractivity (Wildman–Crippen MR) is 65.9 cm³/mol. The van der Waals surface area contributed by atoms with Crippen molar-refractivity contribution in [3.63, 3.8) is 0 Å². The molecule has 0 bridgehead atoms. The number of nitrogens with zero attached hydrogens (tertiary/aromatic N) is 2. The second kappa shape index (κ2) is 4.78.